The maximum Gasteiger partial charge on any atom is -1.00 e. The third-order valence-electron chi connectivity index (χ3n) is 12.0. The average molecular weight is 765 g/mol. The molecular formula is C46H50Cl2Zr. The fourth-order valence-electron chi connectivity index (χ4n) is 9.30. The van der Waals surface area contributed by atoms with Crippen molar-refractivity contribution in [1.29, 1.82) is 0 Å². The van der Waals surface area contributed by atoms with Crippen LogP contribution in [-0.4, -0.2) is 0 Å². The Labute approximate surface area is 319 Å². The van der Waals surface area contributed by atoms with Gasteiger partial charge in [0, 0.05) is 0 Å². The molecule has 0 aliphatic heterocycles. The van der Waals surface area contributed by atoms with Crippen LogP contribution in [0.25, 0.3) is 34.4 Å². The number of rotatable bonds is 7. The molecule has 0 amide bonds. The molecule has 2 saturated carbocycles. The molecule has 2 atom stereocenters. The van der Waals surface area contributed by atoms with Gasteiger partial charge in [0.1, 0.15) is 0 Å². The van der Waals surface area contributed by atoms with Crippen LogP contribution in [0.2, 0.25) is 0 Å². The maximum atomic E-state index is 2.61. The van der Waals surface area contributed by atoms with Crippen LogP contribution in [-0.2, 0) is 23.2 Å². The smallest absolute Gasteiger partial charge is 1.00 e. The number of fused-ring (bicyclic) bond motifs is 2. The van der Waals surface area contributed by atoms with Gasteiger partial charge >= 0.3 is 297 Å². The number of hydrogen-bond donors (Lipinski definition) is 0. The average Bonchev–Trinajstić information content (AvgIpc) is 3.66. The summed E-state index contributed by atoms with van der Waals surface area (Å²) >= 11 is -0.939. The van der Waals surface area contributed by atoms with E-state index in [1.165, 1.54) is 97.6 Å². The Balaban J connectivity index is 0.00000208. The number of hydrogen-bond acceptors (Lipinski definition) is 0. The van der Waals surface area contributed by atoms with Gasteiger partial charge in [0.05, 0.1) is 0 Å². The predicted molar refractivity (Wildman–Crippen MR) is 197 cm³/mol. The number of allylic oxidation sites excluding steroid dienone is 2. The Hall–Kier alpha value is -2.18. The summed E-state index contributed by atoms with van der Waals surface area (Å²) in [5.41, 5.74) is 18.1. The molecule has 0 aromatic heterocycles. The summed E-state index contributed by atoms with van der Waals surface area (Å²) in [7, 11) is 0. The molecule has 3 heteroatoms. The van der Waals surface area contributed by atoms with Crippen molar-refractivity contribution in [2.24, 2.45) is 5.92 Å². The zero-order chi connectivity index (χ0) is 31.9. The van der Waals surface area contributed by atoms with Crippen molar-refractivity contribution < 1.29 is 48.0 Å². The Morgan fingerprint density at radius 2 is 0.980 bits per heavy atom. The summed E-state index contributed by atoms with van der Waals surface area (Å²) in [6.45, 7) is 7.26. The molecular weight excluding hydrogens is 715 g/mol. The quantitative estimate of drug-likeness (QED) is 0.184. The second-order valence-corrected chi connectivity index (χ2v) is 18.9. The molecule has 2 fully saturated rings. The van der Waals surface area contributed by atoms with E-state index < -0.39 is 23.2 Å². The van der Waals surface area contributed by atoms with Gasteiger partial charge in [-0.05, 0) is 0 Å². The van der Waals surface area contributed by atoms with Gasteiger partial charge in [0.15, 0.2) is 0 Å². The summed E-state index contributed by atoms with van der Waals surface area (Å²) in [6.07, 6.45) is 19.0. The normalized spacial score (nSPS) is 20.4. The molecule has 4 aliphatic rings. The first-order chi connectivity index (χ1) is 23.0. The minimum Gasteiger partial charge on any atom is -1.00 e. The molecule has 0 nitrogen and oxygen atoms in total. The van der Waals surface area contributed by atoms with Gasteiger partial charge < -0.3 is 24.8 Å². The maximum absolute atomic E-state index is 2.61. The third kappa shape index (κ3) is 7.30. The first-order valence-electron chi connectivity index (χ1n) is 18.7. The summed E-state index contributed by atoms with van der Waals surface area (Å²) in [4.78, 5) is 0. The van der Waals surface area contributed by atoms with Gasteiger partial charge in [-0.2, -0.15) is 0 Å². The first kappa shape index (κ1) is 36.6. The molecule has 0 heterocycles. The number of benzene rings is 4. The monoisotopic (exact) mass is 762 g/mol. The van der Waals surface area contributed by atoms with Gasteiger partial charge in [0.25, 0.3) is 0 Å². The molecule has 0 N–H and O–H groups in total. The summed E-state index contributed by atoms with van der Waals surface area (Å²) in [5.74, 6) is 2.08. The van der Waals surface area contributed by atoms with Crippen LogP contribution < -0.4 is 24.8 Å². The van der Waals surface area contributed by atoms with Gasteiger partial charge in [-0.3, -0.25) is 0 Å². The molecule has 0 bridgehead atoms. The van der Waals surface area contributed by atoms with E-state index in [-0.39, 0.29) is 24.8 Å². The van der Waals surface area contributed by atoms with Gasteiger partial charge in [-0.1, -0.05) is 0 Å². The Bertz CT molecular complexity index is 1800. The van der Waals surface area contributed by atoms with Crippen LogP contribution in [0.4, 0.5) is 0 Å². The van der Waals surface area contributed by atoms with E-state index in [1.807, 2.05) is 0 Å². The van der Waals surface area contributed by atoms with Crippen LogP contribution in [0, 0.1) is 5.92 Å². The van der Waals surface area contributed by atoms with E-state index in [0.717, 1.165) is 11.8 Å². The summed E-state index contributed by atoms with van der Waals surface area (Å²) < 4.78 is 1.24. The topological polar surface area (TPSA) is 0 Å². The Morgan fingerprint density at radius 3 is 1.45 bits per heavy atom. The molecule has 0 saturated heterocycles. The van der Waals surface area contributed by atoms with Crippen molar-refractivity contribution in [3.05, 3.63) is 129 Å². The molecule has 2 unspecified atom stereocenters. The molecule has 49 heavy (non-hydrogen) atoms. The predicted octanol–water partition coefficient (Wildman–Crippen LogP) is 7.46. The van der Waals surface area contributed by atoms with Crippen molar-refractivity contribution in [3.63, 3.8) is 0 Å². The van der Waals surface area contributed by atoms with E-state index in [0.29, 0.717) is 13.2 Å². The summed E-state index contributed by atoms with van der Waals surface area (Å²) in [6, 6.07) is 33.7. The van der Waals surface area contributed by atoms with Gasteiger partial charge in [-0.25, -0.2) is 0 Å². The van der Waals surface area contributed by atoms with Crippen LogP contribution in [0.15, 0.2) is 96.1 Å². The first-order valence-corrected chi connectivity index (χ1v) is 21.5. The second-order valence-electron chi connectivity index (χ2n) is 15.3. The van der Waals surface area contributed by atoms with E-state index in [9.17, 15) is 0 Å². The molecule has 4 aliphatic carbocycles. The van der Waals surface area contributed by atoms with Crippen LogP contribution in [0.5, 0.6) is 0 Å². The van der Waals surface area contributed by atoms with Crippen molar-refractivity contribution in [1.82, 2.24) is 0 Å². The fraction of sp³-hybridized carbons (Fsp3) is 0.391. The van der Waals surface area contributed by atoms with E-state index in [2.05, 4.69) is 118 Å². The van der Waals surface area contributed by atoms with Crippen molar-refractivity contribution in [3.8, 4) is 22.3 Å². The van der Waals surface area contributed by atoms with Crippen LogP contribution >= 0.6 is 0 Å². The SMILES string of the molecule is CC1=Cc2c(-c3ccc(C4CCCCC4)cc3)cccc2[CH]1[Zr+2][CH]1C(C(C)C)=Cc2c(-c3ccc(C4CCCCC4)cc3)cccc21.[Cl-].[Cl-]. The molecule has 252 valence electrons. The molecule has 0 radical (unpaired) electrons. The van der Waals surface area contributed by atoms with Gasteiger partial charge in [0.2, 0.25) is 0 Å². The molecule has 4 aromatic carbocycles. The van der Waals surface area contributed by atoms with Gasteiger partial charge in [-0.15, -0.1) is 0 Å². The summed E-state index contributed by atoms with van der Waals surface area (Å²) in [5, 5.41) is 0. The minimum absolute atomic E-state index is 0. The van der Waals surface area contributed by atoms with Crippen molar-refractivity contribution >= 4 is 12.2 Å². The Kier molecular flexibility index (Phi) is 12.0. The largest absolute Gasteiger partial charge is 1.00 e. The number of halogens is 2. The zero-order valence-corrected chi connectivity index (χ0v) is 33.4. The fourth-order valence-corrected chi connectivity index (χ4v) is 14.6. The van der Waals surface area contributed by atoms with Crippen molar-refractivity contribution in [2.75, 3.05) is 0 Å². The second kappa shape index (κ2) is 16.0. The molecule has 4 aromatic rings. The van der Waals surface area contributed by atoms with E-state index in [4.69, 9.17) is 0 Å². The Morgan fingerprint density at radius 1 is 0.531 bits per heavy atom. The molecule has 0 spiro atoms. The third-order valence-corrected chi connectivity index (χ3v) is 17.1. The zero-order valence-electron chi connectivity index (χ0n) is 29.5. The standard InChI is InChI=1S/C24H27.C22H23.2ClH.Zr/c1-17(2)22-15-21-9-6-10-23(24(21)16-22)20-13-11-19(12-14-20)18-7-4-3-5-8-18;1-16-14-20-8-5-9-21(22(20)15-16)19-12-10-18(11-13-19)17-6-3-2-4-7-17;;;/h6,9-18H,3-5,7-8H2,1-2H3;5,8-15,17H,2-4,6-7H2,1H3;2*1H;/q;;;;+2/p-2. The van der Waals surface area contributed by atoms with Crippen molar-refractivity contribution in [2.45, 2.75) is 104 Å². The van der Waals surface area contributed by atoms with Crippen LogP contribution in [0.3, 0.4) is 0 Å². The minimum atomic E-state index is -0.939. The molecule has 8 rings (SSSR count). The van der Waals surface area contributed by atoms with E-state index >= 15 is 0 Å². The van der Waals surface area contributed by atoms with E-state index in [1.54, 1.807) is 33.4 Å². The van der Waals surface area contributed by atoms with Crippen LogP contribution in [0.1, 0.15) is 137 Å².